The van der Waals surface area contributed by atoms with Crippen LogP contribution < -0.4 is 0 Å². The number of aliphatic hydroxyl groups excluding tert-OH is 1. The third-order valence-corrected chi connectivity index (χ3v) is 9.02. The first-order valence-corrected chi connectivity index (χ1v) is 19.9. The van der Waals surface area contributed by atoms with Crippen molar-refractivity contribution in [2.24, 2.45) is 5.92 Å². The molecule has 5 nitrogen and oxygen atoms in total. The molecule has 0 aliphatic rings. The minimum atomic E-state index is -0.955. The molecule has 0 aromatic carbocycles. The normalized spacial score (nSPS) is 12.1. The van der Waals surface area contributed by atoms with Gasteiger partial charge in [-0.05, 0) is 18.8 Å². The lowest BCUT2D eigenvalue weighted by Gasteiger charge is -2.12. The molecule has 0 aromatic heterocycles. The Bertz CT molecular complexity index is 620. The molecular formula is C40H78O5. The van der Waals surface area contributed by atoms with Crippen LogP contribution in [0.4, 0.5) is 0 Å². The summed E-state index contributed by atoms with van der Waals surface area (Å²) in [5.41, 5.74) is 0. The van der Waals surface area contributed by atoms with Crippen molar-refractivity contribution < 1.29 is 24.2 Å². The summed E-state index contributed by atoms with van der Waals surface area (Å²) < 4.78 is 10.3. The lowest BCUT2D eigenvalue weighted by atomic mass is 10.0. The number of carbonyl (C=O) groups is 2. The molecule has 0 amide bonds. The van der Waals surface area contributed by atoms with Crippen molar-refractivity contribution in [3.63, 3.8) is 0 Å². The molecule has 0 saturated carbocycles. The van der Waals surface area contributed by atoms with Gasteiger partial charge in [0.25, 0.3) is 0 Å². The highest BCUT2D eigenvalue weighted by atomic mass is 16.6. The fraction of sp³-hybridized carbons (Fsp3) is 0.950. The number of esters is 2. The molecular weight excluding hydrogens is 560 g/mol. The van der Waals surface area contributed by atoms with E-state index in [0.29, 0.717) is 12.8 Å². The minimum absolute atomic E-state index is 0.108. The average molecular weight is 639 g/mol. The Balaban J connectivity index is 3.37. The molecule has 0 fully saturated rings. The van der Waals surface area contributed by atoms with Crippen molar-refractivity contribution in [1.29, 1.82) is 0 Å². The van der Waals surface area contributed by atoms with Crippen LogP contribution in [0.15, 0.2) is 0 Å². The van der Waals surface area contributed by atoms with Crippen molar-refractivity contribution in [2.45, 2.75) is 226 Å². The maximum absolute atomic E-state index is 12.0. The van der Waals surface area contributed by atoms with E-state index in [0.717, 1.165) is 31.6 Å². The molecule has 1 atom stereocenters. The third kappa shape index (κ3) is 37.2. The van der Waals surface area contributed by atoms with Gasteiger partial charge in [0.1, 0.15) is 19.3 Å². The Morgan fingerprint density at radius 1 is 0.444 bits per heavy atom. The molecule has 0 rings (SSSR count). The fourth-order valence-corrected chi connectivity index (χ4v) is 5.98. The molecule has 0 aliphatic carbocycles. The second-order valence-electron chi connectivity index (χ2n) is 14.2. The highest BCUT2D eigenvalue weighted by Gasteiger charge is 2.12. The van der Waals surface area contributed by atoms with Crippen molar-refractivity contribution in [3.05, 3.63) is 0 Å². The van der Waals surface area contributed by atoms with Gasteiger partial charge in [0.2, 0.25) is 0 Å². The van der Waals surface area contributed by atoms with Gasteiger partial charge in [-0.15, -0.1) is 0 Å². The van der Waals surface area contributed by atoms with Crippen molar-refractivity contribution >= 4 is 11.9 Å². The van der Waals surface area contributed by atoms with Crippen LogP contribution in [0, 0.1) is 5.92 Å². The summed E-state index contributed by atoms with van der Waals surface area (Å²) in [5.74, 6) is 0.305. The zero-order chi connectivity index (χ0) is 33.1. The second-order valence-corrected chi connectivity index (χ2v) is 14.2. The van der Waals surface area contributed by atoms with Gasteiger partial charge in [-0.3, -0.25) is 9.59 Å². The van der Waals surface area contributed by atoms with E-state index in [9.17, 15) is 14.7 Å². The summed E-state index contributed by atoms with van der Waals surface area (Å²) in [6.07, 6.45) is 37.3. The second kappa shape index (κ2) is 35.7. The fourth-order valence-electron chi connectivity index (χ4n) is 5.98. The molecule has 0 unspecified atom stereocenters. The largest absolute Gasteiger partial charge is 0.463 e. The van der Waals surface area contributed by atoms with Gasteiger partial charge < -0.3 is 14.6 Å². The number of carbonyl (C=O) groups excluding carboxylic acids is 2. The van der Waals surface area contributed by atoms with Crippen molar-refractivity contribution in [2.75, 3.05) is 13.2 Å². The molecule has 268 valence electrons. The molecule has 5 heteroatoms. The van der Waals surface area contributed by atoms with Gasteiger partial charge in [0.05, 0.1) is 0 Å². The van der Waals surface area contributed by atoms with E-state index in [2.05, 4.69) is 20.8 Å². The Hall–Kier alpha value is -1.10. The van der Waals surface area contributed by atoms with Crippen LogP contribution in [0.1, 0.15) is 220 Å². The quantitative estimate of drug-likeness (QED) is 0.0546. The highest BCUT2D eigenvalue weighted by Crippen LogP contribution is 2.16. The van der Waals surface area contributed by atoms with Crippen LogP contribution in [0.3, 0.4) is 0 Å². The first kappa shape index (κ1) is 43.9. The predicted octanol–water partition coefficient (Wildman–Crippen LogP) is 12.2. The van der Waals surface area contributed by atoms with Crippen molar-refractivity contribution in [1.82, 2.24) is 0 Å². The molecule has 0 heterocycles. The van der Waals surface area contributed by atoms with E-state index < -0.39 is 6.10 Å². The van der Waals surface area contributed by atoms with Gasteiger partial charge >= 0.3 is 11.9 Å². The molecule has 0 spiro atoms. The number of unbranched alkanes of at least 4 members (excludes halogenated alkanes) is 26. The van der Waals surface area contributed by atoms with Crippen LogP contribution in [0.2, 0.25) is 0 Å². The molecule has 0 radical (unpaired) electrons. The monoisotopic (exact) mass is 639 g/mol. The topological polar surface area (TPSA) is 72.8 Å². The molecule has 0 bridgehead atoms. The van der Waals surface area contributed by atoms with Gasteiger partial charge in [0, 0.05) is 12.8 Å². The van der Waals surface area contributed by atoms with E-state index in [1.54, 1.807) is 0 Å². The predicted molar refractivity (Wildman–Crippen MR) is 192 cm³/mol. The Morgan fingerprint density at radius 2 is 0.711 bits per heavy atom. The molecule has 0 aromatic rings. The number of hydrogen-bond acceptors (Lipinski definition) is 5. The van der Waals surface area contributed by atoms with Gasteiger partial charge in [0.15, 0.2) is 0 Å². The highest BCUT2D eigenvalue weighted by molar-refractivity contribution is 5.69. The molecule has 0 aliphatic heterocycles. The van der Waals surface area contributed by atoms with E-state index in [4.69, 9.17) is 9.47 Å². The van der Waals surface area contributed by atoms with E-state index in [1.165, 1.54) is 161 Å². The van der Waals surface area contributed by atoms with Crippen LogP contribution in [0.5, 0.6) is 0 Å². The number of ether oxygens (including phenoxy) is 2. The summed E-state index contributed by atoms with van der Waals surface area (Å²) in [4.78, 5) is 23.9. The third-order valence-electron chi connectivity index (χ3n) is 9.02. The van der Waals surface area contributed by atoms with E-state index in [-0.39, 0.29) is 25.2 Å². The molecule has 1 N–H and O–H groups in total. The van der Waals surface area contributed by atoms with E-state index in [1.807, 2.05) is 0 Å². The number of hydrogen-bond donors (Lipinski definition) is 1. The Kier molecular flexibility index (Phi) is 34.9. The number of aliphatic hydroxyl groups is 1. The zero-order valence-corrected chi connectivity index (χ0v) is 30.6. The smallest absolute Gasteiger partial charge is 0.305 e. The van der Waals surface area contributed by atoms with Gasteiger partial charge in [-0.25, -0.2) is 0 Å². The standard InChI is InChI=1S/C40H78O5/c1-4-5-6-7-8-9-10-14-18-21-24-27-30-33-39(42)44-35-38(41)36-45-40(43)34-31-28-25-22-19-16-13-11-12-15-17-20-23-26-29-32-37(2)3/h37-38,41H,4-36H2,1-3H3/t38-/m0/s1. The molecule has 0 saturated heterocycles. The van der Waals surface area contributed by atoms with Crippen LogP contribution in [-0.2, 0) is 19.1 Å². The first-order chi connectivity index (χ1) is 22.0. The number of rotatable bonds is 36. The zero-order valence-electron chi connectivity index (χ0n) is 30.6. The van der Waals surface area contributed by atoms with Crippen LogP contribution in [0.25, 0.3) is 0 Å². The summed E-state index contributed by atoms with van der Waals surface area (Å²) in [5, 5.41) is 10.0. The summed E-state index contributed by atoms with van der Waals surface area (Å²) in [6.45, 7) is 6.68. The lowest BCUT2D eigenvalue weighted by Crippen LogP contribution is -2.25. The first-order valence-electron chi connectivity index (χ1n) is 19.9. The van der Waals surface area contributed by atoms with Crippen molar-refractivity contribution in [3.8, 4) is 0 Å². The van der Waals surface area contributed by atoms with Crippen LogP contribution >= 0.6 is 0 Å². The lowest BCUT2D eigenvalue weighted by molar-refractivity contribution is -0.152. The summed E-state index contributed by atoms with van der Waals surface area (Å²) in [7, 11) is 0. The van der Waals surface area contributed by atoms with Gasteiger partial charge in [-0.2, -0.15) is 0 Å². The summed E-state index contributed by atoms with van der Waals surface area (Å²) >= 11 is 0. The minimum Gasteiger partial charge on any atom is -0.463 e. The average Bonchev–Trinajstić information content (AvgIpc) is 3.02. The summed E-state index contributed by atoms with van der Waals surface area (Å²) in [6, 6.07) is 0. The maximum Gasteiger partial charge on any atom is 0.305 e. The Morgan fingerprint density at radius 3 is 1.00 bits per heavy atom. The van der Waals surface area contributed by atoms with Crippen LogP contribution in [-0.4, -0.2) is 36.4 Å². The SMILES string of the molecule is CCCCCCCCCCCCCCCC(=O)OC[C@H](O)COC(=O)CCCCCCCCCCCCCCCCCC(C)C. The van der Waals surface area contributed by atoms with E-state index >= 15 is 0 Å². The molecule has 45 heavy (non-hydrogen) atoms. The van der Waals surface area contributed by atoms with Gasteiger partial charge in [-0.1, -0.05) is 194 Å². The Labute approximate surface area is 280 Å². The maximum atomic E-state index is 12.0.